The Bertz CT molecular complexity index is 142. The molecule has 0 radical (unpaired) electrons. The molecule has 10 heavy (non-hydrogen) atoms. The Morgan fingerprint density at radius 3 is 2.90 bits per heavy atom. The summed E-state index contributed by atoms with van der Waals surface area (Å²) in [6.07, 6.45) is 2.07. The van der Waals surface area contributed by atoms with E-state index < -0.39 is 0 Å². The van der Waals surface area contributed by atoms with Crippen molar-refractivity contribution in [2.24, 2.45) is 10.8 Å². The molecule has 0 amide bonds. The van der Waals surface area contributed by atoms with Gasteiger partial charge in [0, 0.05) is 13.0 Å². The first kappa shape index (κ1) is 7.38. The Morgan fingerprint density at radius 1 is 1.80 bits per heavy atom. The standard InChI is InChI=1S/C7H15N3/c1-3-4-10-6(2)5-7(8)9-10/h6H,3-5H2,1-2H3,(H2,8,9). The van der Waals surface area contributed by atoms with E-state index in [4.69, 9.17) is 5.73 Å². The Balaban J connectivity index is 2.44. The van der Waals surface area contributed by atoms with Gasteiger partial charge < -0.3 is 5.73 Å². The van der Waals surface area contributed by atoms with Gasteiger partial charge in [-0.25, -0.2) is 0 Å². The molecule has 0 bridgehead atoms. The number of rotatable bonds is 2. The fourth-order valence-corrected chi connectivity index (χ4v) is 1.21. The molecule has 2 N–H and O–H groups in total. The summed E-state index contributed by atoms with van der Waals surface area (Å²) in [7, 11) is 0. The summed E-state index contributed by atoms with van der Waals surface area (Å²) in [5.74, 6) is 0.779. The van der Waals surface area contributed by atoms with Crippen LogP contribution in [0, 0.1) is 0 Å². The van der Waals surface area contributed by atoms with Crippen LogP contribution in [0.3, 0.4) is 0 Å². The lowest BCUT2D eigenvalue weighted by Gasteiger charge is -2.17. The highest BCUT2D eigenvalue weighted by Crippen LogP contribution is 2.11. The summed E-state index contributed by atoms with van der Waals surface area (Å²) in [5, 5.41) is 6.25. The maximum absolute atomic E-state index is 5.55. The molecule has 0 aromatic carbocycles. The van der Waals surface area contributed by atoms with Gasteiger partial charge in [-0.3, -0.25) is 5.01 Å². The molecule has 3 heteroatoms. The van der Waals surface area contributed by atoms with Crippen LogP contribution in [0.1, 0.15) is 26.7 Å². The van der Waals surface area contributed by atoms with E-state index in [1.54, 1.807) is 0 Å². The molecule has 1 rings (SSSR count). The van der Waals surface area contributed by atoms with E-state index in [1.165, 1.54) is 0 Å². The summed E-state index contributed by atoms with van der Waals surface area (Å²) < 4.78 is 0. The Morgan fingerprint density at radius 2 is 2.50 bits per heavy atom. The molecular formula is C7H15N3. The normalized spacial score (nSPS) is 25.2. The molecule has 0 saturated heterocycles. The van der Waals surface area contributed by atoms with E-state index in [1.807, 2.05) is 0 Å². The molecule has 0 saturated carbocycles. The second kappa shape index (κ2) is 2.90. The summed E-state index contributed by atoms with van der Waals surface area (Å²) in [5.41, 5.74) is 5.55. The summed E-state index contributed by atoms with van der Waals surface area (Å²) in [6.45, 7) is 5.33. The lowest BCUT2D eigenvalue weighted by Crippen LogP contribution is -2.24. The lowest BCUT2D eigenvalue weighted by atomic mass is 10.2. The molecule has 0 spiro atoms. The topological polar surface area (TPSA) is 41.6 Å². The van der Waals surface area contributed by atoms with Gasteiger partial charge in [0.15, 0.2) is 0 Å². The quantitative estimate of drug-likeness (QED) is 0.617. The molecule has 58 valence electrons. The number of hydrogen-bond donors (Lipinski definition) is 1. The van der Waals surface area contributed by atoms with Crippen molar-refractivity contribution in [3.05, 3.63) is 0 Å². The van der Waals surface area contributed by atoms with Gasteiger partial charge in [0.2, 0.25) is 0 Å². The van der Waals surface area contributed by atoms with Gasteiger partial charge in [0.05, 0.1) is 6.04 Å². The van der Waals surface area contributed by atoms with E-state index in [0.717, 1.165) is 25.2 Å². The van der Waals surface area contributed by atoms with E-state index in [-0.39, 0.29) is 0 Å². The first-order valence-electron chi connectivity index (χ1n) is 3.83. The van der Waals surface area contributed by atoms with E-state index in [2.05, 4.69) is 24.0 Å². The Labute approximate surface area is 61.9 Å². The summed E-state index contributed by atoms with van der Waals surface area (Å²) in [4.78, 5) is 0. The smallest absolute Gasteiger partial charge is 0.121 e. The fourth-order valence-electron chi connectivity index (χ4n) is 1.21. The van der Waals surface area contributed by atoms with Crippen molar-refractivity contribution in [1.82, 2.24) is 5.01 Å². The van der Waals surface area contributed by atoms with Crippen LogP contribution in [-0.4, -0.2) is 23.4 Å². The second-order valence-electron chi connectivity index (χ2n) is 2.81. The maximum atomic E-state index is 5.55. The predicted octanol–water partition coefficient (Wildman–Crippen LogP) is 0.763. The number of hydrogen-bond acceptors (Lipinski definition) is 3. The largest absolute Gasteiger partial charge is 0.386 e. The van der Waals surface area contributed by atoms with Crippen molar-refractivity contribution in [1.29, 1.82) is 0 Å². The van der Waals surface area contributed by atoms with Gasteiger partial charge >= 0.3 is 0 Å². The molecule has 0 aromatic rings. The van der Waals surface area contributed by atoms with Crippen molar-refractivity contribution in [2.45, 2.75) is 32.7 Å². The van der Waals surface area contributed by atoms with Gasteiger partial charge in [-0.05, 0) is 13.3 Å². The average Bonchev–Trinajstić information content (AvgIpc) is 2.13. The zero-order valence-corrected chi connectivity index (χ0v) is 6.67. The monoisotopic (exact) mass is 141 g/mol. The minimum absolute atomic E-state index is 0.514. The van der Waals surface area contributed by atoms with Crippen molar-refractivity contribution in [3.63, 3.8) is 0 Å². The van der Waals surface area contributed by atoms with Crippen LogP contribution >= 0.6 is 0 Å². The van der Waals surface area contributed by atoms with Crippen LogP contribution in [-0.2, 0) is 0 Å². The highest BCUT2D eigenvalue weighted by molar-refractivity contribution is 5.81. The Hall–Kier alpha value is -0.730. The third-order valence-corrected chi connectivity index (χ3v) is 1.72. The van der Waals surface area contributed by atoms with E-state index in [9.17, 15) is 0 Å². The van der Waals surface area contributed by atoms with Gasteiger partial charge in [-0.15, -0.1) is 0 Å². The van der Waals surface area contributed by atoms with Gasteiger partial charge in [-0.2, -0.15) is 5.10 Å². The maximum Gasteiger partial charge on any atom is 0.121 e. The van der Waals surface area contributed by atoms with Crippen molar-refractivity contribution < 1.29 is 0 Å². The molecule has 0 aliphatic carbocycles. The van der Waals surface area contributed by atoms with Crippen LogP contribution in [0.4, 0.5) is 0 Å². The molecule has 1 aliphatic rings. The molecular weight excluding hydrogens is 126 g/mol. The average molecular weight is 141 g/mol. The first-order valence-corrected chi connectivity index (χ1v) is 3.83. The SMILES string of the molecule is CCCN1N=C(N)CC1C. The van der Waals surface area contributed by atoms with Gasteiger partial charge in [0.25, 0.3) is 0 Å². The highest BCUT2D eigenvalue weighted by Gasteiger charge is 2.18. The fraction of sp³-hybridized carbons (Fsp3) is 0.857. The number of amidine groups is 1. The second-order valence-corrected chi connectivity index (χ2v) is 2.81. The van der Waals surface area contributed by atoms with Crippen molar-refractivity contribution in [2.75, 3.05) is 6.54 Å². The molecule has 0 fully saturated rings. The van der Waals surface area contributed by atoms with Crippen molar-refractivity contribution in [3.8, 4) is 0 Å². The lowest BCUT2D eigenvalue weighted by molar-refractivity contribution is 0.246. The number of nitrogens with zero attached hydrogens (tertiary/aromatic N) is 2. The van der Waals surface area contributed by atoms with Crippen LogP contribution in [0.15, 0.2) is 5.10 Å². The third kappa shape index (κ3) is 1.40. The third-order valence-electron chi connectivity index (χ3n) is 1.72. The minimum Gasteiger partial charge on any atom is -0.386 e. The first-order chi connectivity index (χ1) is 4.74. The van der Waals surface area contributed by atoms with Crippen LogP contribution in [0.2, 0.25) is 0 Å². The molecule has 1 atom stereocenters. The number of hydrazone groups is 1. The number of nitrogens with two attached hydrogens (primary N) is 1. The van der Waals surface area contributed by atoms with E-state index in [0.29, 0.717) is 6.04 Å². The molecule has 0 aromatic heterocycles. The minimum atomic E-state index is 0.514. The molecule has 1 aliphatic heterocycles. The predicted molar refractivity (Wildman–Crippen MR) is 42.7 cm³/mol. The van der Waals surface area contributed by atoms with Gasteiger partial charge in [0.1, 0.15) is 5.84 Å². The molecule has 1 heterocycles. The van der Waals surface area contributed by atoms with Crippen LogP contribution in [0.25, 0.3) is 0 Å². The highest BCUT2D eigenvalue weighted by atomic mass is 15.5. The molecule has 1 unspecified atom stereocenters. The zero-order valence-electron chi connectivity index (χ0n) is 6.67. The van der Waals surface area contributed by atoms with Gasteiger partial charge in [-0.1, -0.05) is 6.92 Å². The van der Waals surface area contributed by atoms with E-state index >= 15 is 0 Å². The van der Waals surface area contributed by atoms with Crippen LogP contribution in [0.5, 0.6) is 0 Å². The summed E-state index contributed by atoms with van der Waals surface area (Å²) in [6, 6.07) is 0.514. The molecule has 3 nitrogen and oxygen atoms in total. The Kier molecular flexibility index (Phi) is 2.14. The van der Waals surface area contributed by atoms with Crippen LogP contribution < -0.4 is 5.73 Å². The summed E-state index contributed by atoms with van der Waals surface area (Å²) >= 11 is 0. The van der Waals surface area contributed by atoms with Crippen molar-refractivity contribution >= 4 is 5.84 Å². The zero-order chi connectivity index (χ0) is 7.56.